The minimum atomic E-state index is 0.580. The lowest BCUT2D eigenvalue weighted by Gasteiger charge is -2.09. The third-order valence-corrected chi connectivity index (χ3v) is 2.16. The molecule has 0 radical (unpaired) electrons. The van der Waals surface area contributed by atoms with Crippen LogP contribution in [0.15, 0.2) is 12.3 Å². The van der Waals surface area contributed by atoms with E-state index in [1.807, 2.05) is 6.07 Å². The Balaban J connectivity index is 2.37. The second kappa shape index (κ2) is 7.84. The van der Waals surface area contributed by atoms with Crippen LogP contribution >= 0.6 is 0 Å². The minimum Gasteiger partial charge on any atom is -0.385 e. The highest BCUT2D eigenvalue weighted by Gasteiger charge is 1.99. The van der Waals surface area contributed by atoms with Crippen molar-refractivity contribution in [1.82, 2.24) is 9.97 Å². The van der Waals surface area contributed by atoms with Crippen molar-refractivity contribution >= 4 is 11.8 Å². The molecule has 0 amide bonds. The molecule has 0 fully saturated rings. The second-order valence-electron chi connectivity index (χ2n) is 4.31. The molecule has 0 saturated carbocycles. The molecule has 2 N–H and O–H groups in total. The normalized spacial score (nSPS) is 10.6. The van der Waals surface area contributed by atoms with Crippen LogP contribution in [0.4, 0.5) is 11.8 Å². The highest BCUT2D eigenvalue weighted by molar-refractivity contribution is 5.39. The molecule has 0 atom stereocenters. The number of hydrogen-bond donors (Lipinski definition) is 2. The number of rotatable bonds is 8. The van der Waals surface area contributed by atoms with Gasteiger partial charge in [-0.2, -0.15) is 4.98 Å². The first-order valence-corrected chi connectivity index (χ1v) is 6.02. The number of methoxy groups -OCH3 is 1. The topological polar surface area (TPSA) is 59.1 Å². The van der Waals surface area contributed by atoms with Gasteiger partial charge in [-0.05, 0) is 18.4 Å². The van der Waals surface area contributed by atoms with E-state index in [-0.39, 0.29) is 0 Å². The van der Waals surface area contributed by atoms with Gasteiger partial charge in [-0.3, -0.25) is 0 Å². The first-order chi connectivity index (χ1) is 8.22. The van der Waals surface area contributed by atoms with Crippen LogP contribution in [0.2, 0.25) is 0 Å². The number of anilines is 2. The Labute approximate surface area is 103 Å². The molecule has 0 aromatic carbocycles. The van der Waals surface area contributed by atoms with Gasteiger partial charge >= 0.3 is 0 Å². The molecule has 1 rings (SSSR count). The Morgan fingerprint density at radius 2 is 2.18 bits per heavy atom. The lowest BCUT2D eigenvalue weighted by atomic mass is 10.2. The van der Waals surface area contributed by atoms with E-state index in [2.05, 4.69) is 34.4 Å². The molecule has 0 saturated heterocycles. The Morgan fingerprint density at radius 3 is 2.88 bits per heavy atom. The summed E-state index contributed by atoms with van der Waals surface area (Å²) in [5.74, 6) is 2.11. The van der Waals surface area contributed by atoms with E-state index in [4.69, 9.17) is 4.74 Å². The maximum Gasteiger partial charge on any atom is 0.224 e. The van der Waals surface area contributed by atoms with Gasteiger partial charge < -0.3 is 15.4 Å². The molecule has 1 aromatic heterocycles. The molecule has 0 aliphatic carbocycles. The van der Waals surface area contributed by atoms with Crippen molar-refractivity contribution < 1.29 is 4.74 Å². The molecular formula is C12H22N4O. The lowest BCUT2D eigenvalue weighted by molar-refractivity contribution is 0.198. The predicted octanol–water partition coefficient (Wildman–Crippen LogP) is 1.99. The maximum absolute atomic E-state index is 4.98. The van der Waals surface area contributed by atoms with E-state index in [9.17, 15) is 0 Å². The molecule has 5 heteroatoms. The fourth-order valence-electron chi connectivity index (χ4n) is 1.27. The number of hydrogen-bond acceptors (Lipinski definition) is 5. The van der Waals surface area contributed by atoms with E-state index in [1.165, 1.54) is 0 Å². The molecule has 0 spiro atoms. The summed E-state index contributed by atoms with van der Waals surface area (Å²) in [5, 5.41) is 6.44. The molecular weight excluding hydrogens is 216 g/mol. The maximum atomic E-state index is 4.98. The van der Waals surface area contributed by atoms with Crippen molar-refractivity contribution in [2.45, 2.75) is 20.3 Å². The van der Waals surface area contributed by atoms with Crippen LogP contribution in [0.3, 0.4) is 0 Å². The van der Waals surface area contributed by atoms with Gasteiger partial charge in [0.2, 0.25) is 5.95 Å². The van der Waals surface area contributed by atoms with Crippen LogP contribution < -0.4 is 10.6 Å². The fraction of sp³-hybridized carbons (Fsp3) is 0.667. The molecule has 0 bridgehead atoms. The zero-order valence-electron chi connectivity index (χ0n) is 10.9. The summed E-state index contributed by atoms with van der Waals surface area (Å²) >= 11 is 0. The summed E-state index contributed by atoms with van der Waals surface area (Å²) in [4.78, 5) is 8.54. The number of nitrogens with one attached hydrogen (secondary N) is 2. The summed E-state index contributed by atoms with van der Waals surface area (Å²) in [7, 11) is 1.71. The van der Waals surface area contributed by atoms with E-state index < -0.39 is 0 Å². The van der Waals surface area contributed by atoms with Gasteiger partial charge in [0.25, 0.3) is 0 Å². The zero-order valence-corrected chi connectivity index (χ0v) is 10.9. The Morgan fingerprint density at radius 1 is 1.35 bits per heavy atom. The average Bonchev–Trinajstić information content (AvgIpc) is 2.33. The van der Waals surface area contributed by atoms with Crippen molar-refractivity contribution in [3.63, 3.8) is 0 Å². The van der Waals surface area contributed by atoms with Crippen LogP contribution in [-0.4, -0.2) is 36.8 Å². The molecule has 96 valence electrons. The summed E-state index contributed by atoms with van der Waals surface area (Å²) < 4.78 is 4.98. The second-order valence-corrected chi connectivity index (χ2v) is 4.31. The molecule has 0 aliphatic rings. The zero-order chi connectivity index (χ0) is 12.5. The average molecular weight is 238 g/mol. The van der Waals surface area contributed by atoms with Gasteiger partial charge in [0.1, 0.15) is 5.82 Å². The van der Waals surface area contributed by atoms with Crippen molar-refractivity contribution in [2.75, 3.05) is 37.4 Å². The molecule has 1 aromatic rings. The van der Waals surface area contributed by atoms with Gasteiger partial charge in [0.05, 0.1) is 0 Å². The first kappa shape index (κ1) is 13.7. The van der Waals surface area contributed by atoms with Crippen molar-refractivity contribution in [1.29, 1.82) is 0 Å². The Kier molecular flexibility index (Phi) is 6.32. The molecule has 0 unspecified atom stereocenters. The first-order valence-electron chi connectivity index (χ1n) is 6.02. The van der Waals surface area contributed by atoms with Crippen LogP contribution in [-0.2, 0) is 4.74 Å². The van der Waals surface area contributed by atoms with Crippen molar-refractivity contribution in [3.05, 3.63) is 12.3 Å². The van der Waals surface area contributed by atoms with Crippen LogP contribution in [0.1, 0.15) is 20.3 Å². The fourth-order valence-corrected chi connectivity index (χ4v) is 1.27. The Hall–Kier alpha value is -1.36. The third-order valence-electron chi connectivity index (χ3n) is 2.16. The van der Waals surface area contributed by atoms with Gasteiger partial charge in [-0.15, -0.1) is 0 Å². The van der Waals surface area contributed by atoms with Crippen LogP contribution in [0, 0.1) is 5.92 Å². The van der Waals surface area contributed by atoms with Gasteiger partial charge in [-0.25, -0.2) is 4.98 Å². The SMILES string of the molecule is COCCCNc1ccnc(NCC(C)C)n1. The molecule has 0 aliphatic heterocycles. The van der Waals surface area contributed by atoms with Crippen LogP contribution in [0.25, 0.3) is 0 Å². The number of nitrogens with zero attached hydrogens (tertiary/aromatic N) is 2. The van der Waals surface area contributed by atoms with Crippen molar-refractivity contribution in [3.8, 4) is 0 Å². The van der Waals surface area contributed by atoms with Gasteiger partial charge in [-0.1, -0.05) is 13.8 Å². The highest BCUT2D eigenvalue weighted by Crippen LogP contribution is 2.06. The van der Waals surface area contributed by atoms with Crippen molar-refractivity contribution in [2.24, 2.45) is 5.92 Å². The lowest BCUT2D eigenvalue weighted by Crippen LogP contribution is -2.12. The van der Waals surface area contributed by atoms with E-state index >= 15 is 0 Å². The third kappa shape index (κ3) is 6.06. The van der Waals surface area contributed by atoms with Gasteiger partial charge in [0, 0.05) is 33.0 Å². The highest BCUT2D eigenvalue weighted by atomic mass is 16.5. The summed E-state index contributed by atoms with van der Waals surface area (Å²) in [6.45, 7) is 6.80. The van der Waals surface area contributed by atoms with E-state index in [0.717, 1.165) is 31.9 Å². The summed E-state index contributed by atoms with van der Waals surface area (Å²) in [6, 6.07) is 1.87. The van der Waals surface area contributed by atoms with Gasteiger partial charge in [0.15, 0.2) is 0 Å². The monoisotopic (exact) mass is 238 g/mol. The standard InChI is InChI=1S/C12H22N4O/c1-10(2)9-15-12-14-7-5-11(16-12)13-6-4-8-17-3/h5,7,10H,4,6,8-9H2,1-3H3,(H2,13,14,15,16). The summed E-state index contributed by atoms with van der Waals surface area (Å²) in [5.41, 5.74) is 0. The minimum absolute atomic E-state index is 0.580. The molecule has 17 heavy (non-hydrogen) atoms. The largest absolute Gasteiger partial charge is 0.385 e. The van der Waals surface area contributed by atoms with E-state index in [0.29, 0.717) is 11.9 Å². The molecule has 5 nitrogen and oxygen atoms in total. The van der Waals surface area contributed by atoms with E-state index in [1.54, 1.807) is 13.3 Å². The smallest absolute Gasteiger partial charge is 0.224 e. The summed E-state index contributed by atoms with van der Waals surface area (Å²) in [6.07, 6.45) is 2.73. The number of aromatic nitrogens is 2. The number of ether oxygens (including phenoxy) is 1. The predicted molar refractivity (Wildman–Crippen MR) is 70.3 cm³/mol. The quantitative estimate of drug-likeness (QED) is 0.678. The van der Waals surface area contributed by atoms with Crippen LogP contribution in [0.5, 0.6) is 0 Å². The molecule has 1 heterocycles. The Bertz CT molecular complexity index is 317.